The van der Waals surface area contributed by atoms with E-state index < -0.39 is 5.41 Å². The maximum atomic E-state index is 9.33. The first-order valence-electron chi connectivity index (χ1n) is 9.47. The zero-order valence-corrected chi connectivity index (χ0v) is 16.4. The van der Waals surface area contributed by atoms with Crippen molar-refractivity contribution in [1.82, 2.24) is 4.90 Å². The smallest absolute Gasteiger partial charge is 0.0637 e. The van der Waals surface area contributed by atoms with Gasteiger partial charge in [-0.2, -0.15) is 0 Å². The quantitative estimate of drug-likeness (QED) is 0.565. The highest BCUT2D eigenvalue weighted by molar-refractivity contribution is 6.08. The summed E-state index contributed by atoms with van der Waals surface area (Å²) in [6, 6.07) is 31.5. The second-order valence-electron chi connectivity index (χ2n) is 7.40. The van der Waals surface area contributed by atoms with Crippen molar-refractivity contribution in [3.8, 4) is 0 Å². The standard InChI is InChI=1S/C25H28N2/c1-20(27(2)3)19-25(22-15-9-5-10-16-22,23-17-11-6-12-18-23)24(26)21-13-7-4-8-14-21/h4-18,20,26H,19H2,1-3H3. The maximum Gasteiger partial charge on any atom is 0.0637 e. The van der Waals surface area contributed by atoms with Crippen molar-refractivity contribution in [2.24, 2.45) is 0 Å². The minimum absolute atomic E-state index is 0.314. The van der Waals surface area contributed by atoms with Gasteiger partial charge in [0.25, 0.3) is 0 Å². The molecule has 0 amide bonds. The summed E-state index contributed by atoms with van der Waals surface area (Å²) in [7, 11) is 4.22. The van der Waals surface area contributed by atoms with Crippen molar-refractivity contribution in [1.29, 1.82) is 5.41 Å². The summed E-state index contributed by atoms with van der Waals surface area (Å²) in [5, 5.41) is 9.33. The lowest BCUT2D eigenvalue weighted by Crippen LogP contribution is -2.43. The highest BCUT2D eigenvalue weighted by atomic mass is 15.1. The molecule has 2 nitrogen and oxygen atoms in total. The molecule has 0 bridgehead atoms. The van der Waals surface area contributed by atoms with Crippen LogP contribution in [0.2, 0.25) is 0 Å². The third-order valence-electron chi connectivity index (χ3n) is 5.51. The van der Waals surface area contributed by atoms with Gasteiger partial charge in [0.05, 0.1) is 11.1 Å². The molecule has 138 valence electrons. The third kappa shape index (κ3) is 3.86. The number of benzene rings is 3. The summed E-state index contributed by atoms with van der Waals surface area (Å²) in [5.74, 6) is 0. The molecule has 0 saturated carbocycles. The summed E-state index contributed by atoms with van der Waals surface area (Å²) in [6.07, 6.45) is 0.835. The van der Waals surface area contributed by atoms with Crippen LogP contribution in [-0.2, 0) is 5.41 Å². The first-order valence-corrected chi connectivity index (χ1v) is 9.47. The lowest BCUT2D eigenvalue weighted by molar-refractivity contribution is 0.278. The van der Waals surface area contributed by atoms with E-state index in [9.17, 15) is 5.41 Å². The molecule has 27 heavy (non-hydrogen) atoms. The summed E-state index contributed by atoms with van der Waals surface area (Å²) >= 11 is 0. The first-order chi connectivity index (χ1) is 13.1. The second kappa shape index (κ2) is 8.32. The Morgan fingerprint density at radius 1 is 0.778 bits per heavy atom. The van der Waals surface area contributed by atoms with Crippen molar-refractivity contribution in [3.63, 3.8) is 0 Å². The fourth-order valence-electron chi connectivity index (χ4n) is 3.72. The van der Waals surface area contributed by atoms with Crippen molar-refractivity contribution < 1.29 is 0 Å². The minimum Gasteiger partial charge on any atom is -0.307 e. The highest BCUT2D eigenvalue weighted by Crippen LogP contribution is 2.40. The van der Waals surface area contributed by atoms with Gasteiger partial charge in [0.1, 0.15) is 0 Å². The maximum absolute atomic E-state index is 9.33. The van der Waals surface area contributed by atoms with Gasteiger partial charge in [0, 0.05) is 6.04 Å². The van der Waals surface area contributed by atoms with E-state index in [-0.39, 0.29) is 0 Å². The molecule has 3 aromatic carbocycles. The molecular formula is C25H28N2. The normalized spacial score (nSPS) is 12.7. The van der Waals surface area contributed by atoms with E-state index in [2.05, 4.69) is 74.4 Å². The van der Waals surface area contributed by atoms with Crippen LogP contribution < -0.4 is 0 Å². The molecule has 3 rings (SSSR count). The Balaban J connectivity index is 2.26. The molecule has 0 spiro atoms. The average molecular weight is 357 g/mol. The van der Waals surface area contributed by atoms with Gasteiger partial charge in [0.2, 0.25) is 0 Å². The lowest BCUT2D eigenvalue weighted by Gasteiger charge is -2.39. The Bertz CT molecular complexity index is 815. The van der Waals surface area contributed by atoms with Gasteiger partial charge in [0.15, 0.2) is 0 Å². The van der Waals surface area contributed by atoms with E-state index in [0.717, 1.165) is 12.0 Å². The molecule has 0 radical (unpaired) electrons. The zero-order valence-electron chi connectivity index (χ0n) is 16.4. The van der Waals surface area contributed by atoms with E-state index in [1.165, 1.54) is 11.1 Å². The molecule has 0 aliphatic rings. The van der Waals surface area contributed by atoms with E-state index in [0.29, 0.717) is 11.8 Å². The highest BCUT2D eigenvalue weighted by Gasteiger charge is 2.40. The van der Waals surface area contributed by atoms with E-state index >= 15 is 0 Å². The Labute approximate surface area is 163 Å². The second-order valence-corrected chi connectivity index (χ2v) is 7.40. The molecule has 0 fully saturated rings. The minimum atomic E-state index is -0.506. The van der Waals surface area contributed by atoms with Gasteiger partial charge < -0.3 is 10.3 Å². The van der Waals surface area contributed by atoms with Crippen LogP contribution >= 0.6 is 0 Å². The number of nitrogens with zero attached hydrogens (tertiary/aromatic N) is 1. The van der Waals surface area contributed by atoms with Crippen LogP contribution in [-0.4, -0.2) is 30.7 Å². The van der Waals surface area contributed by atoms with Gasteiger partial charge in [-0.1, -0.05) is 91.0 Å². The van der Waals surface area contributed by atoms with Crippen molar-refractivity contribution in [2.45, 2.75) is 24.8 Å². The monoisotopic (exact) mass is 356 g/mol. The fraction of sp³-hybridized carbons (Fsp3) is 0.240. The predicted octanol–water partition coefficient (Wildman–Crippen LogP) is 5.38. The van der Waals surface area contributed by atoms with Gasteiger partial charge >= 0.3 is 0 Å². The summed E-state index contributed by atoms with van der Waals surface area (Å²) in [6.45, 7) is 2.24. The van der Waals surface area contributed by atoms with Crippen molar-refractivity contribution in [2.75, 3.05) is 14.1 Å². The first kappa shape index (κ1) is 19.1. The molecule has 1 unspecified atom stereocenters. The number of hydrogen-bond acceptors (Lipinski definition) is 2. The number of hydrogen-bond donors (Lipinski definition) is 1. The van der Waals surface area contributed by atoms with Crippen LogP contribution in [0, 0.1) is 5.41 Å². The fourth-order valence-corrected chi connectivity index (χ4v) is 3.72. The largest absolute Gasteiger partial charge is 0.307 e. The Morgan fingerprint density at radius 3 is 1.59 bits per heavy atom. The Hall–Kier alpha value is -2.71. The van der Waals surface area contributed by atoms with Crippen molar-refractivity contribution >= 4 is 5.71 Å². The molecule has 2 heteroatoms. The molecule has 0 aromatic heterocycles. The van der Waals surface area contributed by atoms with Gasteiger partial charge in [-0.3, -0.25) is 0 Å². The molecular weight excluding hydrogens is 328 g/mol. The molecule has 1 atom stereocenters. The molecule has 0 aliphatic heterocycles. The van der Waals surface area contributed by atoms with Crippen LogP contribution in [0.5, 0.6) is 0 Å². The number of nitrogens with one attached hydrogen (secondary N) is 1. The molecule has 3 aromatic rings. The number of rotatable bonds is 7. The predicted molar refractivity (Wildman–Crippen MR) is 115 cm³/mol. The lowest BCUT2D eigenvalue weighted by atomic mass is 9.65. The van der Waals surface area contributed by atoms with Crippen LogP contribution in [0.4, 0.5) is 0 Å². The molecule has 0 aliphatic carbocycles. The molecule has 1 N–H and O–H groups in total. The summed E-state index contributed by atoms with van der Waals surface area (Å²) in [4.78, 5) is 2.24. The Kier molecular flexibility index (Phi) is 5.88. The average Bonchev–Trinajstić information content (AvgIpc) is 2.73. The van der Waals surface area contributed by atoms with Crippen LogP contribution in [0.1, 0.15) is 30.0 Å². The molecule has 0 heterocycles. The van der Waals surface area contributed by atoms with Crippen molar-refractivity contribution in [3.05, 3.63) is 108 Å². The summed E-state index contributed by atoms with van der Waals surface area (Å²) < 4.78 is 0. The van der Waals surface area contributed by atoms with Crippen LogP contribution in [0.15, 0.2) is 91.0 Å². The van der Waals surface area contributed by atoms with Gasteiger partial charge in [-0.05, 0) is 44.1 Å². The Morgan fingerprint density at radius 2 is 1.19 bits per heavy atom. The third-order valence-corrected chi connectivity index (χ3v) is 5.51. The van der Waals surface area contributed by atoms with E-state index in [1.807, 2.05) is 42.5 Å². The molecule has 0 saturated heterocycles. The zero-order chi connectivity index (χ0) is 19.3. The van der Waals surface area contributed by atoms with Gasteiger partial charge in [-0.15, -0.1) is 0 Å². The SMILES string of the molecule is CC(CC(C(=N)c1ccccc1)(c1ccccc1)c1ccccc1)N(C)C. The van der Waals surface area contributed by atoms with E-state index in [4.69, 9.17) is 0 Å². The van der Waals surface area contributed by atoms with Crippen LogP contribution in [0.3, 0.4) is 0 Å². The topological polar surface area (TPSA) is 27.1 Å². The van der Waals surface area contributed by atoms with E-state index in [1.54, 1.807) is 0 Å². The van der Waals surface area contributed by atoms with Gasteiger partial charge in [-0.25, -0.2) is 0 Å². The summed E-state index contributed by atoms with van der Waals surface area (Å²) in [5.41, 5.74) is 3.44. The van der Waals surface area contributed by atoms with Crippen LogP contribution in [0.25, 0.3) is 0 Å².